The van der Waals surface area contributed by atoms with Gasteiger partial charge in [-0.1, -0.05) is 84.0 Å². The first-order valence-corrected chi connectivity index (χ1v) is 15.1. The number of carbonyl (C=O) groups excluding carboxylic acids is 1. The first-order valence-electron chi connectivity index (χ1n) is 15.1. The third kappa shape index (κ3) is 11.9. The van der Waals surface area contributed by atoms with Gasteiger partial charge in [0.1, 0.15) is 0 Å². The predicted molar refractivity (Wildman–Crippen MR) is 159 cm³/mol. The molecule has 224 valence electrons. The second-order valence-electron chi connectivity index (χ2n) is 10.9. The van der Waals surface area contributed by atoms with E-state index in [2.05, 4.69) is 16.9 Å². The number of aromatic amines is 2. The number of nitrogens with zero attached hydrogens (tertiary/aromatic N) is 3. The first kappa shape index (κ1) is 33.0. The standard InChI is InChI=1S/C30H49N5O5/c1-4-5-6-7-8-9-10-11-12-13-14-15-16-17-26(36)33(18-20-34-22-24(2)27(37)31-29(34)39)19-21-35-23-25(3)28(38)32-30(35)40/h22-23H,4-21H2,1-3H3,(H,31,37,39)(H,32,38,40). The van der Waals surface area contributed by atoms with Crippen LogP contribution in [0, 0.1) is 13.8 Å². The van der Waals surface area contributed by atoms with E-state index in [0.717, 1.165) is 19.3 Å². The fourth-order valence-corrected chi connectivity index (χ4v) is 4.84. The van der Waals surface area contributed by atoms with Crippen molar-refractivity contribution in [2.24, 2.45) is 0 Å². The lowest BCUT2D eigenvalue weighted by Gasteiger charge is -2.24. The highest BCUT2D eigenvalue weighted by Crippen LogP contribution is 2.13. The van der Waals surface area contributed by atoms with Gasteiger partial charge < -0.3 is 4.90 Å². The van der Waals surface area contributed by atoms with Crippen LogP contribution < -0.4 is 22.5 Å². The van der Waals surface area contributed by atoms with Crippen molar-refractivity contribution in [2.75, 3.05) is 13.1 Å². The summed E-state index contributed by atoms with van der Waals surface area (Å²) in [6.45, 7) is 6.46. The van der Waals surface area contributed by atoms with Crippen molar-refractivity contribution < 1.29 is 4.79 Å². The quantitative estimate of drug-likeness (QED) is 0.237. The molecule has 0 aliphatic carbocycles. The Bertz CT molecular complexity index is 1200. The molecule has 2 heterocycles. The summed E-state index contributed by atoms with van der Waals surface area (Å²) in [6.07, 6.45) is 19.4. The van der Waals surface area contributed by atoms with Gasteiger partial charge in [0.15, 0.2) is 0 Å². The lowest BCUT2D eigenvalue weighted by atomic mass is 10.0. The normalized spacial score (nSPS) is 11.2. The van der Waals surface area contributed by atoms with Crippen molar-refractivity contribution in [1.82, 2.24) is 24.0 Å². The Balaban J connectivity index is 1.82. The maximum Gasteiger partial charge on any atom is 0.328 e. The van der Waals surface area contributed by atoms with Gasteiger partial charge in [0.05, 0.1) is 0 Å². The molecule has 40 heavy (non-hydrogen) atoms. The Morgan fingerprint density at radius 1 is 0.650 bits per heavy atom. The zero-order valence-corrected chi connectivity index (χ0v) is 24.8. The molecule has 0 atom stereocenters. The van der Waals surface area contributed by atoms with Crippen LogP contribution in [0.25, 0.3) is 0 Å². The van der Waals surface area contributed by atoms with Crippen LogP contribution in [0.1, 0.15) is 108 Å². The SMILES string of the molecule is CCCCCCCCCCCCCCCC(=O)N(CCn1cc(C)c(=O)[nH]c1=O)CCn1cc(C)c(=O)[nH]c1=O. The van der Waals surface area contributed by atoms with Gasteiger partial charge in [-0.15, -0.1) is 0 Å². The van der Waals surface area contributed by atoms with E-state index in [9.17, 15) is 24.0 Å². The predicted octanol–water partition coefficient (Wildman–Crippen LogP) is 4.01. The number of H-pyrrole nitrogens is 2. The minimum Gasteiger partial charge on any atom is -0.339 e. The number of aromatic nitrogens is 4. The van der Waals surface area contributed by atoms with Crippen LogP contribution in [-0.2, 0) is 17.9 Å². The van der Waals surface area contributed by atoms with Crippen LogP contribution in [0.5, 0.6) is 0 Å². The summed E-state index contributed by atoms with van der Waals surface area (Å²) in [7, 11) is 0. The van der Waals surface area contributed by atoms with Gasteiger partial charge in [-0.3, -0.25) is 33.5 Å². The molecule has 10 nitrogen and oxygen atoms in total. The molecule has 0 unspecified atom stereocenters. The van der Waals surface area contributed by atoms with E-state index in [1.165, 1.54) is 85.7 Å². The Labute approximate surface area is 236 Å². The summed E-state index contributed by atoms with van der Waals surface area (Å²) in [4.78, 5) is 67.1. The zero-order chi connectivity index (χ0) is 29.3. The second-order valence-corrected chi connectivity index (χ2v) is 10.9. The van der Waals surface area contributed by atoms with Crippen molar-refractivity contribution in [2.45, 2.75) is 124 Å². The average Bonchev–Trinajstić information content (AvgIpc) is 2.92. The topological polar surface area (TPSA) is 130 Å². The molecule has 2 aromatic heterocycles. The molecule has 10 heteroatoms. The molecular weight excluding hydrogens is 510 g/mol. The molecule has 0 radical (unpaired) electrons. The maximum atomic E-state index is 13.1. The number of carbonyl (C=O) groups is 1. The van der Waals surface area contributed by atoms with E-state index < -0.39 is 22.5 Å². The third-order valence-electron chi connectivity index (χ3n) is 7.45. The molecule has 0 aliphatic heterocycles. The molecule has 2 aromatic rings. The number of amides is 1. The Kier molecular flexibility index (Phi) is 15.1. The van der Waals surface area contributed by atoms with Gasteiger partial charge in [-0.25, -0.2) is 9.59 Å². The second kappa shape index (κ2) is 18.2. The maximum absolute atomic E-state index is 13.1. The van der Waals surface area contributed by atoms with Gasteiger partial charge in [0.25, 0.3) is 11.1 Å². The van der Waals surface area contributed by atoms with E-state index in [-0.39, 0.29) is 32.1 Å². The minimum absolute atomic E-state index is 0.0357. The monoisotopic (exact) mass is 559 g/mol. The van der Waals surface area contributed by atoms with E-state index in [4.69, 9.17) is 0 Å². The van der Waals surface area contributed by atoms with Crippen molar-refractivity contribution in [1.29, 1.82) is 0 Å². The molecular formula is C30H49N5O5. The number of nitrogens with one attached hydrogen (secondary N) is 2. The molecule has 0 saturated heterocycles. The van der Waals surface area contributed by atoms with Gasteiger partial charge in [-0.2, -0.15) is 0 Å². The molecule has 0 aliphatic rings. The average molecular weight is 560 g/mol. The molecule has 2 rings (SSSR count). The summed E-state index contributed by atoms with van der Waals surface area (Å²) >= 11 is 0. The van der Waals surface area contributed by atoms with Crippen LogP contribution in [-0.4, -0.2) is 43.0 Å². The van der Waals surface area contributed by atoms with Crippen molar-refractivity contribution >= 4 is 5.91 Å². The number of hydrogen-bond acceptors (Lipinski definition) is 5. The fourth-order valence-electron chi connectivity index (χ4n) is 4.84. The van der Waals surface area contributed by atoms with Crippen molar-refractivity contribution in [3.8, 4) is 0 Å². The zero-order valence-electron chi connectivity index (χ0n) is 24.8. The summed E-state index contributed by atoms with van der Waals surface area (Å²) < 4.78 is 2.77. The summed E-state index contributed by atoms with van der Waals surface area (Å²) in [5.74, 6) is -0.0357. The van der Waals surface area contributed by atoms with Crippen LogP contribution in [0.2, 0.25) is 0 Å². The Morgan fingerprint density at radius 3 is 1.43 bits per heavy atom. The minimum atomic E-state index is -0.521. The fraction of sp³-hybridized carbons (Fsp3) is 0.700. The molecule has 2 N–H and O–H groups in total. The molecule has 1 amide bonds. The number of unbranched alkanes of at least 4 members (excludes halogenated alkanes) is 12. The van der Waals surface area contributed by atoms with Crippen LogP contribution in [0.15, 0.2) is 31.6 Å². The first-order chi connectivity index (χ1) is 19.2. The Morgan fingerprint density at radius 2 is 1.02 bits per heavy atom. The number of rotatable bonds is 20. The van der Waals surface area contributed by atoms with E-state index in [1.54, 1.807) is 18.7 Å². The van der Waals surface area contributed by atoms with Crippen molar-refractivity contribution in [3.05, 3.63) is 65.2 Å². The van der Waals surface area contributed by atoms with Gasteiger partial charge >= 0.3 is 11.4 Å². The van der Waals surface area contributed by atoms with Crippen LogP contribution >= 0.6 is 0 Å². The highest BCUT2D eigenvalue weighted by Gasteiger charge is 2.15. The van der Waals surface area contributed by atoms with Crippen LogP contribution in [0.4, 0.5) is 0 Å². The lowest BCUT2D eigenvalue weighted by Crippen LogP contribution is -2.41. The van der Waals surface area contributed by atoms with E-state index >= 15 is 0 Å². The smallest absolute Gasteiger partial charge is 0.328 e. The molecule has 0 fully saturated rings. The third-order valence-corrected chi connectivity index (χ3v) is 7.45. The van der Waals surface area contributed by atoms with Crippen LogP contribution in [0.3, 0.4) is 0 Å². The molecule has 0 saturated carbocycles. The summed E-state index contributed by atoms with van der Waals surface area (Å²) in [6, 6.07) is 0. The van der Waals surface area contributed by atoms with E-state index in [0.29, 0.717) is 17.5 Å². The van der Waals surface area contributed by atoms with Gasteiger partial charge in [0, 0.05) is 56.1 Å². The lowest BCUT2D eigenvalue weighted by molar-refractivity contribution is -0.131. The molecule has 0 spiro atoms. The van der Waals surface area contributed by atoms with Crippen molar-refractivity contribution in [3.63, 3.8) is 0 Å². The highest BCUT2D eigenvalue weighted by atomic mass is 16.2. The largest absolute Gasteiger partial charge is 0.339 e. The van der Waals surface area contributed by atoms with Gasteiger partial charge in [0.2, 0.25) is 5.91 Å². The molecule has 0 aromatic carbocycles. The molecule has 0 bridgehead atoms. The Hall–Kier alpha value is -3.17. The summed E-state index contributed by atoms with van der Waals surface area (Å²) in [5, 5.41) is 0. The number of hydrogen-bond donors (Lipinski definition) is 2. The summed E-state index contributed by atoms with van der Waals surface area (Å²) in [5.41, 5.74) is -1.06. The number of aryl methyl sites for hydroxylation is 2. The van der Waals surface area contributed by atoms with Gasteiger partial charge in [-0.05, 0) is 20.3 Å². The highest BCUT2D eigenvalue weighted by molar-refractivity contribution is 5.76. The van der Waals surface area contributed by atoms with E-state index in [1.807, 2.05) is 0 Å².